The van der Waals surface area contributed by atoms with Crippen LogP contribution in [-0.2, 0) is 24.1 Å². The number of pyridine rings is 1. The van der Waals surface area contributed by atoms with Crippen LogP contribution in [0.3, 0.4) is 0 Å². The molecule has 0 saturated carbocycles. The predicted octanol–water partition coefficient (Wildman–Crippen LogP) is 4.11. The van der Waals surface area contributed by atoms with E-state index < -0.39 is 0 Å². The molecule has 1 N–H and O–H groups in total. The van der Waals surface area contributed by atoms with Crippen LogP contribution in [0.1, 0.15) is 55.0 Å². The average Bonchev–Trinajstić information content (AvgIpc) is 2.79. The molecule has 1 aliphatic carbocycles. The van der Waals surface area contributed by atoms with Crippen molar-refractivity contribution in [3.8, 4) is 6.07 Å². The van der Waals surface area contributed by atoms with Gasteiger partial charge in [0, 0.05) is 31.7 Å². The van der Waals surface area contributed by atoms with Gasteiger partial charge in [0.25, 0.3) is 5.91 Å². The van der Waals surface area contributed by atoms with E-state index in [-0.39, 0.29) is 17.5 Å². The molecule has 1 aliphatic rings. The van der Waals surface area contributed by atoms with E-state index in [0.717, 1.165) is 37.9 Å². The van der Waals surface area contributed by atoms with Gasteiger partial charge in [-0.1, -0.05) is 18.2 Å². The molecule has 0 radical (unpaired) electrons. The van der Waals surface area contributed by atoms with Crippen LogP contribution in [0.5, 0.6) is 0 Å². The molecule has 1 unspecified atom stereocenters. The van der Waals surface area contributed by atoms with Gasteiger partial charge in [-0.3, -0.25) is 9.78 Å². The summed E-state index contributed by atoms with van der Waals surface area (Å²) in [6, 6.07) is 12.4. The van der Waals surface area contributed by atoms with E-state index in [1.54, 1.807) is 18.6 Å². The third-order valence-electron chi connectivity index (χ3n) is 5.74. The van der Waals surface area contributed by atoms with Gasteiger partial charge in [-0.25, -0.2) is 0 Å². The Morgan fingerprint density at radius 3 is 2.67 bits per heavy atom. The zero-order valence-electron chi connectivity index (χ0n) is 17.9. The number of aryl methyl sites for hydroxylation is 2. The number of hydrogen-bond donors (Lipinski definition) is 1. The standard InChI is InChI=1S/C25H30N4O/c1-3-29(15-12-20-10-13-27-14-11-20)18-24(17-26)25(30)28-19(2)22-9-8-21-6-4-5-7-23(21)16-22/h8-11,13-14,16,18-19H,3-7,12,15H2,1-2H3,(H,28,30)/b24-18-. The highest BCUT2D eigenvalue weighted by Gasteiger charge is 2.17. The lowest BCUT2D eigenvalue weighted by Gasteiger charge is -2.21. The molecular formula is C25H30N4O. The van der Waals surface area contributed by atoms with Crippen LogP contribution in [0.4, 0.5) is 0 Å². The average molecular weight is 403 g/mol. The summed E-state index contributed by atoms with van der Waals surface area (Å²) >= 11 is 0. The Kier molecular flexibility index (Phi) is 7.62. The number of nitrogens with one attached hydrogen (secondary N) is 1. The summed E-state index contributed by atoms with van der Waals surface area (Å²) in [5.74, 6) is -0.329. The lowest BCUT2D eigenvalue weighted by atomic mass is 9.89. The second-order valence-electron chi connectivity index (χ2n) is 7.82. The summed E-state index contributed by atoms with van der Waals surface area (Å²) < 4.78 is 0. The molecule has 1 aromatic carbocycles. The van der Waals surface area contributed by atoms with E-state index in [2.05, 4.69) is 34.6 Å². The molecule has 1 aromatic heterocycles. The summed E-state index contributed by atoms with van der Waals surface area (Å²) in [5, 5.41) is 12.5. The molecule has 1 heterocycles. The number of aromatic nitrogens is 1. The Bertz CT molecular complexity index is 930. The molecule has 1 amide bonds. The van der Waals surface area contributed by atoms with E-state index >= 15 is 0 Å². The molecule has 5 nitrogen and oxygen atoms in total. The van der Waals surface area contributed by atoms with Crippen molar-refractivity contribution in [2.24, 2.45) is 0 Å². The van der Waals surface area contributed by atoms with Crippen molar-refractivity contribution in [3.63, 3.8) is 0 Å². The van der Waals surface area contributed by atoms with Crippen LogP contribution in [0.25, 0.3) is 0 Å². The Labute approximate surface area is 179 Å². The molecular weight excluding hydrogens is 372 g/mol. The van der Waals surface area contributed by atoms with Crippen molar-refractivity contribution in [1.29, 1.82) is 5.26 Å². The quantitative estimate of drug-likeness (QED) is 0.533. The first kappa shape index (κ1) is 21.6. The minimum absolute atomic E-state index is 0.136. The van der Waals surface area contributed by atoms with Crippen molar-refractivity contribution in [3.05, 3.63) is 76.8 Å². The highest BCUT2D eigenvalue weighted by molar-refractivity contribution is 5.97. The van der Waals surface area contributed by atoms with Crippen LogP contribution in [-0.4, -0.2) is 28.9 Å². The van der Waals surface area contributed by atoms with Gasteiger partial charge in [-0.15, -0.1) is 0 Å². The maximum atomic E-state index is 12.7. The van der Waals surface area contributed by atoms with Gasteiger partial charge in [0.2, 0.25) is 0 Å². The summed E-state index contributed by atoms with van der Waals surface area (Å²) in [6.07, 6.45) is 10.8. The molecule has 0 bridgehead atoms. The third kappa shape index (κ3) is 5.70. The zero-order chi connectivity index (χ0) is 21.3. The first-order chi connectivity index (χ1) is 14.6. The van der Waals surface area contributed by atoms with Crippen LogP contribution >= 0.6 is 0 Å². The molecule has 156 valence electrons. The molecule has 0 aliphatic heterocycles. The summed E-state index contributed by atoms with van der Waals surface area (Å²) in [5.41, 5.74) is 5.22. The molecule has 2 aromatic rings. The van der Waals surface area contributed by atoms with Gasteiger partial charge in [0.15, 0.2) is 0 Å². The Balaban J connectivity index is 1.63. The van der Waals surface area contributed by atoms with Crippen LogP contribution in [0.2, 0.25) is 0 Å². The fourth-order valence-electron chi connectivity index (χ4n) is 3.84. The number of carbonyl (C=O) groups excluding carboxylic acids is 1. The molecule has 1 atom stereocenters. The maximum Gasteiger partial charge on any atom is 0.263 e. The number of likely N-dealkylation sites (N-methyl/N-ethyl adjacent to an activating group) is 1. The first-order valence-corrected chi connectivity index (χ1v) is 10.8. The van der Waals surface area contributed by atoms with E-state index in [9.17, 15) is 10.1 Å². The van der Waals surface area contributed by atoms with Gasteiger partial charge in [0.05, 0.1) is 6.04 Å². The topological polar surface area (TPSA) is 69.0 Å². The SMILES string of the molecule is CCN(/C=C(/C#N)C(=O)NC(C)c1ccc2c(c1)CCCC2)CCc1ccncc1. The van der Waals surface area contributed by atoms with Crippen molar-refractivity contribution in [2.45, 2.75) is 52.0 Å². The van der Waals surface area contributed by atoms with E-state index in [4.69, 9.17) is 0 Å². The maximum absolute atomic E-state index is 12.7. The van der Waals surface area contributed by atoms with Gasteiger partial charge in [-0.2, -0.15) is 5.26 Å². The highest BCUT2D eigenvalue weighted by atomic mass is 16.1. The van der Waals surface area contributed by atoms with Crippen LogP contribution in [0.15, 0.2) is 54.5 Å². The van der Waals surface area contributed by atoms with Crippen LogP contribution < -0.4 is 5.32 Å². The summed E-state index contributed by atoms with van der Waals surface area (Å²) in [4.78, 5) is 18.8. The van der Waals surface area contributed by atoms with Crippen molar-refractivity contribution < 1.29 is 4.79 Å². The van der Waals surface area contributed by atoms with Crippen molar-refractivity contribution in [1.82, 2.24) is 15.2 Å². The van der Waals surface area contributed by atoms with Crippen LogP contribution in [0, 0.1) is 11.3 Å². The fraction of sp³-hybridized carbons (Fsp3) is 0.400. The Morgan fingerprint density at radius 1 is 1.23 bits per heavy atom. The van der Waals surface area contributed by atoms with Gasteiger partial charge < -0.3 is 10.2 Å². The Hall–Kier alpha value is -3.13. The number of hydrogen-bond acceptors (Lipinski definition) is 4. The molecule has 30 heavy (non-hydrogen) atoms. The van der Waals surface area contributed by atoms with Gasteiger partial charge in [0.1, 0.15) is 11.6 Å². The monoisotopic (exact) mass is 402 g/mol. The minimum atomic E-state index is -0.329. The zero-order valence-corrected chi connectivity index (χ0v) is 17.9. The molecule has 5 heteroatoms. The number of rotatable bonds is 8. The van der Waals surface area contributed by atoms with Gasteiger partial charge >= 0.3 is 0 Å². The normalized spacial score (nSPS) is 14.4. The number of carbonyl (C=O) groups is 1. The van der Waals surface area contributed by atoms with Crippen molar-refractivity contribution >= 4 is 5.91 Å². The molecule has 0 spiro atoms. The number of benzene rings is 1. The number of nitrogens with zero attached hydrogens (tertiary/aromatic N) is 3. The fourth-order valence-corrected chi connectivity index (χ4v) is 3.84. The smallest absolute Gasteiger partial charge is 0.263 e. The van der Waals surface area contributed by atoms with E-state index in [1.807, 2.05) is 30.9 Å². The predicted molar refractivity (Wildman–Crippen MR) is 119 cm³/mol. The summed E-state index contributed by atoms with van der Waals surface area (Å²) in [7, 11) is 0. The highest BCUT2D eigenvalue weighted by Crippen LogP contribution is 2.25. The third-order valence-corrected chi connectivity index (χ3v) is 5.74. The second-order valence-corrected chi connectivity index (χ2v) is 7.82. The molecule has 0 fully saturated rings. The molecule has 3 rings (SSSR count). The largest absolute Gasteiger partial charge is 0.376 e. The lowest BCUT2D eigenvalue weighted by Crippen LogP contribution is -2.30. The number of fused-ring (bicyclic) bond motifs is 1. The molecule has 0 saturated heterocycles. The number of nitriles is 1. The van der Waals surface area contributed by atoms with E-state index in [0.29, 0.717) is 0 Å². The summed E-state index contributed by atoms with van der Waals surface area (Å²) in [6.45, 7) is 5.45. The van der Waals surface area contributed by atoms with Crippen molar-refractivity contribution in [2.75, 3.05) is 13.1 Å². The van der Waals surface area contributed by atoms with Gasteiger partial charge in [-0.05, 0) is 80.3 Å². The first-order valence-electron chi connectivity index (χ1n) is 10.8. The lowest BCUT2D eigenvalue weighted by molar-refractivity contribution is -0.117. The number of amides is 1. The van der Waals surface area contributed by atoms with E-state index in [1.165, 1.54) is 29.5 Å². The Morgan fingerprint density at radius 2 is 1.97 bits per heavy atom. The minimum Gasteiger partial charge on any atom is -0.376 e. The second kappa shape index (κ2) is 10.6.